The zero-order chi connectivity index (χ0) is 14.8. The molecule has 2 aromatic rings. The minimum Gasteiger partial charge on any atom is -0.457 e. The van der Waals surface area contributed by atoms with Crippen molar-refractivity contribution in [1.82, 2.24) is 4.98 Å². The van der Waals surface area contributed by atoms with Gasteiger partial charge in [0.05, 0.1) is 0 Å². The minimum absolute atomic E-state index is 0.0166. The van der Waals surface area contributed by atoms with Crippen molar-refractivity contribution < 1.29 is 17.9 Å². The summed E-state index contributed by atoms with van der Waals surface area (Å²) in [6.45, 7) is 0. The molecule has 1 aromatic heterocycles. The predicted molar refractivity (Wildman–Crippen MR) is 64.9 cm³/mol. The number of hydrogen-bond donors (Lipinski definition) is 1. The van der Waals surface area contributed by atoms with Crippen LogP contribution in [0.3, 0.4) is 0 Å². The molecule has 0 fully saturated rings. The maximum Gasteiger partial charge on any atom is 0.420 e. The lowest BCUT2D eigenvalue weighted by Crippen LogP contribution is -2.08. The highest BCUT2D eigenvalue weighted by molar-refractivity contribution is 5.50. The Kier molecular flexibility index (Phi) is 3.48. The van der Waals surface area contributed by atoms with Gasteiger partial charge in [0.2, 0.25) is 0 Å². The molecule has 0 spiro atoms. The average molecular weight is 279 g/mol. The Balaban J connectivity index is 2.41. The molecule has 4 nitrogen and oxygen atoms in total. The van der Waals surface area contributed by atoms with E-state index in [2.05, 4.69) is 4.98 Å². The van der Waals surface area contributed by atoms with Gasteiger partial charge in [-0.15, -0.1) is 0 Å². The van der Waals surface area contributed by atoms with Crippen LogP contribution in [0.5, 0.6) is 11.5 Å². The molecule has 2 N–H and O–H groups in total. The largest absolute Gasteiger partial charge is 0.457 e. The third kappa shape index (κ3) is 2.98. The van der Waals surface area contributed by atoms with Gasteiger partial charge in [0, 0.05) is 18.0 Å². The number of benzene rings is 1. The molecule has 0 saturated heterocycles. The van der Waals surface area contributed by atoms with Gasteiger partial charge >= 0.3 is 6.18 Å². The van der Waals surface area contributed by atoms with Crippen LogP contribution >= 0.6 is 0 Å². The van der Waals surface area contributed by atoms with E-state index in [0.29, 0.717) is 0 Å². The minimum atomic E-state index is -4.59. The summed E-state index contributed by atoms with van der Waals surface area (Å²) in [6.07, 6.45) is -3.31. The fourth-order valence-electron chi connectivity index (χ4n) is 1.52. The molecule has 20 heavy (non-hydrogen) atoms. The van der Waals surface area contributed by atoms with Crippen molar-refractivity contribution >= 4 is 5.69 Å². The Morgan fingerprint density at radius 2 is 1.95 bits per heavy atom. The van der Waals surface area contributed by atoms with Crippen LogP contribution < -0.4 is 10.5 Å². The van der Waals surface area contributed by atoms with E-state index in [1.165, 1.54) is 24.4 Å². The topological polar surface area (TPSA) is 71.9 Å². The maximum atomic E-state index is 12.9. The molecular weight excluding hydrogens is 271 g/mol. The number of alkyl halides is 3. The van der Waals surface area contributed by atoms with Crippen LogP contribution in [0, 0.1) is 11.3 Å². The van der Waals surface area contributed by atoms with Crippen LogP contribution in [-0.2, 0) is 6.18 Å². The molecule has 0 aliphatic carbocycles. The Bertz CT molecular complexity index is 677. The summed E-state index contributed by atoms with van der Waals surface area (Å²) in [5.41, 5.74) is 4.41. The van der Waals surface area contributed by atoms with Crippen molar-refractivity contribution in [3.05, 3.63) is 47.8 Å². The fraction of sp³-hybridized carbons (Fsp3) is 0.0769. The van der Waals surface area contributed by atoms with E-state index >= 15 is 0 Å². The lowest BCUT2D eigenvalue weighted by atomic mass is 10.1. The molecular formula is C13H8F3N3O. The van der Waals surface area contributed by atoms with Crippen molar-refractivity contribution in [1.29, 1.82) is 5.26 Å². The Morgan fingerprint density at radius 1 is 1.20 bits per heavy atom. The smallest absolute Gasteiger partial charge is 0.420 e. The molecule has 0 aliphatic heterocycles. The van der Waals surface area contributed by atoms with Crippen LogP contribution in [0.2, 0.25) is 0 Å². The number of halogens is 3. The van der Waals surface area contributed by atoms with Gasteiger partial charge in [0.1, 0.15) is 28.8 Å². The third-order valence-electron chi connectivity index (χ3n) is 2.38. The number of nitrogens with two attached hydrogens (primary N) is 1. The van der Waals surface area contributed by atoms with Gasteiger partial charge in [-0.3, -0.25) is 0 Å². The summed E-state index contributed by atoms with van der Waals surface area (Å²) in [5, 5.41) is 8.68. The first-order valence-electron chi connectivity index (χ1n) is 5.41. The molecule has 0 radical (unpaired) electrons. The Hall–Kier alpha value is -2.75. The van der Waals surface area contributed by atoms with E-state index < -0.39 is 11.7 Å². The highest BCUT2D eigenvalue weighted by atomic mass is 19.4. The number of nitrogen functional groups attached to an aromatic ring is 1. The van der Waals surface area contributed by atoms with E-state index in [4.69, 9.17) is 15.7 Å². The maximum absolute atomic E-state index is 12.9. The number of anilines is 1. The normalized spacial score (nSPS) is 10.9. The van der Waals surface area contributed by atoms with E-state index in [9.17, 15) is 13.2 Å². The van der Waals surface area contributed by atoms with E-state index in [1.807, 2.05) is 0 Å². The molecule has 0 amide bonds. The Labute approximate surface area is 112 Å². The number of pyridine rings is 1. The second-order valence-corrected chi connectivity index (χ2v) is 3.84. The molecule has 102 valence electrons. The summed E-state index contributed by atoms with van der Waals surface area (Å²) in [7, 11) is 0. The van der Waals surface area contributed by atoms with Gasteiger partial charge in [-0.25, -0.2) is 4.98 Å². The van der Waals surface area contributed by atoms with Crippen molar-refractivity contribution in [2.75, 3.05) is 5.73 Å². The van der Waals surface area contributed by atoms with Crippen LogP contribution in [0.4, 0.5) is 18.9 Å². The number of hydrogen-bond acceptors (Lipinski definition) is 4. The molecule has 1 heterocycles. The SMILES string of the molecule is N#Cc1cc(Oc2ccc(N)cc2C(F)(F)F)ccn1. The summed E-state index contributed by atoms with van der Waals surface area (Å²) < 4.78 is 43.8. The quantitative estimate of drug-likeness (QED) is 0.856. The number of aromatic nitrogens is 1. The molecule has 1 aromatic carbocycles. The van der Waals surface area contributed by atoms with Crippen molar-refractivity contribution in [3.63, 3.8) is 0 Å². The van der Waals surface area contributed by atoms with Gasteiger partial charge in [-0.1, -0.05) is 0 Å². The highest BCUT2D eigenvalue weighted by Gasteiger charge is 2.34. The van der Waals surface area contributed by atoms with E-state index in [1.54, 1.807) is 6.07 Å². The van der Waals surface area contributed by atoms with Crippen LogP contribution in [0.25, 0.3) is 0 Å². The number of rotatable bonds is 2. The van der Waals surface area contributed by atoms with Crippen molar-refractivity contribution in [3.8, 4) is 17.6 Å². The highest BCUT2D eigenvalue weighted by Crippen LogP contribution is 2.39. The van der Waals surface area contributed by atoms with Gasteiger partial charge in [-0.2, -0.15) is 18.4 Å². The molecule has 2 rings (SSSR count). The zero-order valence-corrected chi connectivity index (χ0v) is 9.98. The van der Waals surface area contributed by atoms with Crippen LogP contribution in [-0.4, -0.2) is 4.98 Å². The second kappa shape index (κ2) is 5.09. The fourth-order valence-corrected chi connectivity index (χ4v) is 1.52. The summed E-state index contributed by atoms with van der Waals surface area (Å²) in [6, 6.07) is 7.60. The predicted octanol–water partition coefficient (Wildman–Crippen LogP) is 3.35. The Morgan fingerprint density at radius 3 is 2.60 bits per heavy atom. The number of ether oxygens (including phenoxy) is 1. The van der Waals surface area contributed by atoms with Crippen LogP contribution in [0.1, 0.15) is 11.3 Å². The molecule has 0 saturated carbocycles. The lowest BCUT2D eigenvalue weighted by molar-refractivity contribution is -0.138. The van der Waals surface area contributed by atoms with Gasteiger partial charge < -0.3 is 10.5 Å². The molecule has 7 heteroatoms. The first-order valence-corrected chi connectivity index (χ1v) is 5.41. The summed E-state index contributed by atoms with van der Waals surface area (Å²) in [4.78, 5) is 3.70. The average Bonchev–Trinajstić information content (AvgIpc) is 2.40. The second-order valence-electron chi connectivity index (χ2n) is 3.84. The molecule has 0 aliphatic rings. The van der Waals surface area contributed by atoms with Gasteiger partial charge in [0.25, 0.3) is 0 Å². The molecule has 0 bridgehead atoms. The standard InChI is InChI=1S/C13H8F3N3O/c14-13(15,16)11-5-8(18)1-2-12(11)20-10-3-4-19-9(6-10)7-17/h1-6H,18H2. The molecule has 0 unspecified atom stereocenters. The number of nitriles is 1. The van der Waals surface area contributed by atoms with Gasteiger partial charge in [-0.05, 0) is 24.3 Å². The first kappa shape index (κ1) is 13.7. The first-order chi connectivity index (χ1) is 9.40. The van der Waals surface area contributed by atoms with E-state index in [0.717, 1.165) is 12.1 Å². The summed E-state index contributed by atoms with van der Waals surface area (Å²) >= 11 is 0. The van der Waals surface area contributed by atoms with E-state index in [-0.39, 0.29) is 22.9 Å². The summed E-state index contributed by atoms with van der Waals surface area (Å²) in [5.74, 6) is -0.298. The number of nitrogens with zero attached hydrogens (tertiary/aromatic N) is 2. The van der Waals surface area contributed by atoms with Crippen molar-refractivity contribution in [2.45, 2.75) is 6.18 Å². The zero-order valence-electron chi connectivity index (χ0n) is 9.98. The monoisotopic (exact) mass is 279 g/mol. The van der Waals surface area contributed by atoms with Crippen LogP contribution in [0.15, 0.2) is 36.5 Å². The van der Waals surface area contributed by atoms with Gasteiger partial charge in [0.15, 0.2) is 0 Å². The molecule has 0 atom stereocenters. The van der Waals surface area contributed by atoms with Crippen molar-refractivity contribution in [2.24, 2.45) is 0 Å². The lowest BCUT2D eigenvalue weighted by Gasteiger charge is -2.14. The third-order valence-corrected chi connectivity index (χ3v) is 2.38.